The number of hydrogen-bond acceptors (Lipinski definition) is 5. The SMILES string of the molecule is COc1ccc(C)cc1SCc1csc(N)n1. The highest BCUT2D eigenvalue weighted by molar-refractivity contribution is 7.98. The zero-order valence-corrected chi connectivity index (χ0v) is 11.4. The van der Waals surface area contributed by atoms with Crippen molar-refractivity contribution in [3.63, 3.8) is 0 Å². The minimum absolute atomic E-state index is 0.622. The summed E-state index contributed by atoms with van der Waals surface area (Å²) in [6, 6.07) is 6.16. The predicted octanol–water partition coefficient (Wildman–Crippen LogP) is 3.33. The first-order valence-corrected chi connectivity index (χ1v) is 7.03. The van der Waals surface area contributed by atoms with Crippen LogP contribution in [0.3, 0.4) is 0 Å². The summed E-state index contributed by atoms with van der Waals surface area (Å²) in [5.41, 5.74) is 7.84. The lowest BCUT2D eigenvalue weighted by molar-refractivity contribution is 0.404. The molecule has 1 aromatic heterocycles. The van der Waals surface area contributed by atoms with E-state index in [1.165, 1.54) is 16.9 Å². The minimum Gasteiger partial charge on any atom is -0.496 e. The molecule has 0 radical (unpaired) electrons. The molecule has 0 aliphatic rings. The first-order chi connectivity index (χ1) is 8.19. The highest BCUT2D eigenvalue weighted by Gasteiger charge is 2.06. The van der Waals surface area contributed by atoms with Gasteiger partial charge in [0.1, 0.15) is 5.75 Å². The monoisotopic (exact) mass is 266 g/mol. The number of thiazole rings is 1. The number of hydrogen-bond donors (Lipinski definition) is 1. The standard InChI is InChI=1S/C12H14N2OS2/c1-8-3-4-10(15-2)11(5-8)16-6-9-7-17-12(13)14-9/h3-5,7H,6H2,1-2H3,(H2,13,14). The van der Waals surface area contributed by atoms with Crippen molar-refractivity contribution in [2.45, 2.75) is 17.6 Å². The Bertz CT molecular complexity index is 511. The van der Waals surface area contributed by atoms with Crippen molar-refractivity contribution in [3.05, 3.63) is 34.8 Å². The first kappa shape index (κ1) is 12.3. The maximum atomic E-state index is 5.60. The Labute approximate surface area is 109 Å². The topological polar surface area (TPSA) is 48.1 Å². The van der Waals surface area contributed by atoms with Crippen LogP contribution in [0, 0.1) is 6.92 Å². The van der Waals surface area contributed by atoms with E-state index in [9.17, 15) is 0 Å². The van der Waals surface area contributed by atoms with Gasteiger partial charge in [0.15, 0.2) is 5.13 Å². The van der Waals surface area contributed by atoms with Crippen LogP contribution >= 0.6 is 23.1 Å². The molecule has 0 unspecified atom stereocenters. The molecule has 5 heteroatoms. The second-order valence-corrected chi connectivity index (χ2v) is 5.53. The Balaban J connectivity index is 2.10. The lowest BCUT2D eigenvalue weighted by Gasteiger charge is -2.08. The molecule has 1 aromatic carbocycles. The van der Waals surface area contributed by atoms with Crippen LogP contribution < -0.4 is 10.5 Å². The Morgan fingerprint density at radius 2 is 2.29 bits per heavy atom. The smallest absolute Gasteiger partial charge is 0.180 e. The summed E-state index contributed by atoms with van der Waals surface area (Å²) in [4.78, 5) is 5.38. The van der Waals surface area contributed by atoms with E-state index in [4.69, 9.17) is 10.5 Å². The van der Waals surface area contributed by atoms with Crippen LogP contribution in [-0.2, 0) is 5.75 Å². The zero-order valence-electron chi connectivity index (χ0n) is 9.77. The highest BCUT2D eigenvalue weighted by Crippen LogP contribution is 2.32. The summed E-state index contributed by atoms with van der Waals surface area (Å²) in [6.45, 7) is 2.07. The number of aromatic nitrogens is 1. The minimum atomic E-state index is 0.622. The van der Waals surface area contributed by atoms with E-state index in [1.807, 2.05) is 17.5 Å². The molecule has 0 amide bonds. The van der Waals surface area contributed by atoms with E-state index in [0.29, 0.717) is 5.13 Å². The summed E-state index contributed by atoms with van der Waals surface area (Å²) in [5, 5.41) is 2.61. The zero-order chi connectivity index (χ0) is 12.3. The summed E-state index contributed by atoms with van der Waals surface area (Å²) in [7, 11) is 1.69. The third-order valence-electron chi connectivity index (χ3n) is 2.26. The number of nitrogens with two attached hydrogens (primary N) is 1. The van der Waals surface area contributed by atoms with Crippen molar-refractivity contribution in [2.75, 3.05) is 12.8 Å². The molecule has 17 heavy (non-hydrogen) atoms. The summed E-state index contributed by atoms with van der Waals surface area (Å²) in [5.74, 6) is 1.72. The normalized spacial score (nSPS) is 10.5. The van der Waals surface area contributed by atoms with Gasteiger partial charge in [-0.15, -0.1) is 23.1 Å². The average Bonchev–Trinajstić information content (AvgIpc) is 2.73. The average molecular weight is 266 g/mol. The number of benzene rings is 1. The van der Waals surface area contributed by atoms with Crippen molar-refractivity contribution in [3.8, 4) is 5.75 Å². The van der Waals surface area contributed by atoms with Gasteiger partial charge < -0.3 is 10.5 Å². The molecule has 0 aliphatic carbocycles. The number of nitrogen functional groups attached to an aromatic ring is 1. The molecule has 0 aliphatic heterocycles. The molecular formula is C12H14N2OS2. The number of rotatable bonds is 4. The van der Waals surface area contributed by atoms with Gasteiger partial charge in [0.2, 0.25) is 0 Å². The molecule has 2 aromatic rings. The number of nitrogens with zero attached hydrogens (tertiary/aromatic N) is 1. The van der Waals surface area contributed by atoms with E-state index in [1.54, 1.807) is 18.9 Å². The number of ether oxygens (including phenoxy) is 1. The van der Waals surface area contributed by atoms with Gasteiger partial charge in [-0.1, -0.05) is 6.07 Å². The molecule has 0 atom stereocenters. The van der Waals surface area contributed by atoms with Crippen molar-refractivity contribution >= 4 is 28.2 Å². The maximum Gasteiger partial charge on any atom is 0.180 e. The van der Waals surface area contributed by atoms with Gasteiger partial charge in [0.25, 0.3) is 0 Å². The fourth-order valence-electron chi connectivity index (χ4n) is 1.44. The van der Waals surface area contributed by atoms with E-state index >= 15 is 0 Å². The van der Waals surface area contributed by atoms with E-state index in [2.05, 4.69) is 18.0 Å². The first-order valence-electron chi connectivity index (χ1n) is 5.16. The summed E-state index contributed by atoms with van der Waals surface area (Å²) >= 11 is 3.19. The van der Waals surface area contributed by atoms with Crippen LogP contribution in [0.4, 0.5) is 5.13 Å². The molecule has 0 fully saturated rings. The summed E-state index contributed by atoms with van der Waals surface area (Å²) < 4.78 is 5.33. The van der Waals surface area contributed by atoms with Crippen LogP contribution in [0.25, 0.3) is 0 Å². The Morgan fingerprint density at radius 1 is 1.47 bits per heavy atom. The van der Waals surface area contributed by atoms with E-state index in [-0.39, 0.29) is 0 Å². The molecular weight excluding hydrogens is 252 g/mol. The number of anilines is 1. The predicted molar refractivity (Wildman–Crippen MR) is 73.8 cm³/mol. The van der Waals surface area contributed by atoms with Gasteiger partial charge in [-0.25, -0.2) is 4.98 Å². The van der Waals surface area contributed by atoms with Crippen molar-refractivity contribution in [1.82, 2.24) is 4.98 Å². The Hall–Kier alpha value is -1.20. The van der Waals surface area contributed by atoms with Crippen LogP contribution in [0.5, 0.6) is 5.75 Å². The van der Waals surface area contributed by atoms with Crippen LogP contribution in [0.15, 0.2) is 28.5 Å². The largest absolute Gasteiger partial charge is 0.496 e. The highest BCUT2D eigenvalue weighted by atomic mass is 32.2. The second kappa shape index (κ2) is 5.42. The molecule has 90 valence electrons. The Morgan fingerprint density at radius 3 is 2.94 bits per heavy atom. The van der Waals surface area contributed by atoms with Gasteiger partial charge >= 0.3 is 0 Å². The molecule has 0 saturated heterocycles. The summed E-state index contributed by atoms with van der Waals surface area (Å²) in [6.07, 6.45) is 0. The van der Waals surface area contributed by atoms with Crippen molar-refractivity contribution < 1.29 is 4.74 Å². The molecule has 2 N–H and O–H groups in total. The maximum absolute atomic E-state index is 5.60. The van der Waals surface area contributed by atoms with Crippen LogP contribution in [0.2, 0.25) is 0 Å². The van der Waals surface area contributed by atoms with Gasteiger partial charge in [-0.3, -0.25) is 0 Å². The molecule has 3 nitrogen and oxygen atoms in total. The van der Waals surface area contributed by atoms with E-state index in [0.717, 1.165) is 22.1 Å². The van der Waals surface area contributed by atoms with Gasteiger partial charge in [-0.2, -0.15) is 0 Å². The number of methoxy groups -OCH3 is 1. The van der Waals surface area contributed by atoms with Gasteiger partial charge in [0.05, 0.1) is 12.8 Å². The molecule has 0 bridgehead atoms. The molecule has 1 heterocycles. The van der Waals surface area contributed by atoms with Crippen LogP contribution in [0.1, 0.15) is 11.3 Å². The fraction of sp³-hybridized carbons (Fsp3) is 0.250. The van der Waals surface area contributed by atoms with E-state index < -0.39 is 0 Å². The van der Waals surface area contributed by atoms with Gasteiger partial charge in [-0.05, 0) is 24.6 Å². The van der Waals surface area contributed by atoms with Crippen molar-refractivity contribution in [1.29, 1.82) is 0 Å². The number of aryl methyl sites for hydroxylation is 1. The lowest BCUT2D eigenvalue weighted by atomic mass is 10.2. The third kappa shape index (κ3) is 3.14. The quantitative estimate of drug-likeness (QED) is 0.862. The van der Waals surface area contributed by atoms with Gasteiger partial charge in [0, 0.05) is 16.0 Å². The molecule has 0 spiro atoms. The number of thioether (sulfide) groups is 1. The van der Waals surface area contributed by atoms with Crippen molar-refractivity contribution in [2.24, 2.45) is 0 Å². The van der Waals surface area contributed by atoms with Crippen LogP contribution in [-0.4, -0.2) is 12.1 Å². The second-order valence-electron chi connectivity index (χ2n) is 3.62. The Kier molecular flexibility index (Phi) is 3.91. The molecule has 2 rings (SSSR count). The fourth-order valence-corrected chi connectivity index (χ4v) is 3.12. The lowest BCUT2D eigenvalue weighted by Crippen LogP contribution is -1.89. The molecule has 0 saturated carbocycles. The third-order valence-corrected chi connectivity index (χ3v) is 4.06.